The minimum atomic E-state index is -0.560. The highest BCUT2D eigenvalue weighted by molar-refractivity contribution is 5.68. The summed E-state index contributed by atoms with van der Waals surface area (Å²) in [5.74, 6) is 0.773. The number of ether oxygens (including phenoxy) is 2. The molecule has 2 rings (SSSR count). The Kier molecular flexibility index (Phi) is 4.24. The second kappa shape index (κ2) is 5.76. The molecule has 1 aromatic rings. The molecule has 1 fully saturated rings. The van der Waals surface area contributed by atoms with Crippen molar-refractivity contribution >= 4 is 6.09 Å². The zero-order valence-electron chi connectivity index (χ0n) is 11.9. The normalized spacial score (nSPS) is 20.0. The maximum absolute atomic E-state index is 12.2. The lowest BCUT2D eigenvalue weighted by molar-refractivity contribution is -0.0350. The third-order valence-corrected chi connectivity index (χ3v) is 2.75. The van der Waals surface area contributed by atoms with Gasteiger partial charge in [0.1, 0.15) is 24.1 Å². The van der Waals surface area contributed by atoms with Crippen LogP contribution in [0.25, 0.3) is 0 Å². The van der Waals surface area contributed by atoms with Gasteiger partial charge in [-0.2, -0.15) is 5.10 Å². The molecule has 8 heteroatoms. The molecule has 1 aromatic heterocycles. The first-order valence-electron chi connectivity index (χ1n) is 6.50. The second-order valence-corrected chi connectivity index (χ2v) is 5.56. The van der Waals surface area contributed by atoms with Crippen molar-refractivity contribution in [1.29, 1.82) is 0 Å². The molecular weight excluding hydrogens is 264 g/mol. The number of nitrogens with zero attached hydrogens (tertiary/aromatic N) is 3. The van der Waals surface area contributed by atoms with E-state index < -0.39 is 17.7 Å². The molecule has 0 saturated carbocycles. The van der Waals surface area contributed by atoms with E-state index in [0.29, 0.717) is 31.4 Å². The summed E-state index contributed by atoms with van der Waals surface area (Å²) in [6, 6.07) is -0.407. The Hall–Kier alpha value is -1.67. The van der Waals surface area contributed by atoms with Gasteiger partial charge >= 0.3 is 6.09 Å². The molecule has 2 heterocycles. The Bertz CT molecular complexity index is 468. The van der Waals surface area contributed by atoms with Crippen LogP contribution in [0.3, 0.4) is 0 Å². The van der Waals surface area contributed by atoms with Gasteiger partial charge in [0.15, 0.2) is 5.82 Å². The molecule has 0 radical (unpaired) electrons. The lowest BCUT2D eigenvalue weighted by Gasteiger charge is -2.35. The molecule has 0 spiro atoms. The standard InChI is InChI=1S/C12H20N4O4/c1-12(2,3)20-11(18)16-4-5-19-7-8(16)10-13-9(6-17)14-15-10/h8,17H,4-7H2,1-3H3,(H,13,14,15). The van der Waals surface area contributed by atoms with Crippen LogP contribution in [0, 0.1) is 0 Å². The number of H-pyrrole nitrogens is 1. The van der Waals surface area contributed by atoms with Gasteiger partial charge in [0.05, 0.1) is 13.2 Å². The third-order valence-electron chi connectivity index (χ3n) is 2.75. The zero-order valence-corrected chi connectivity index (χ0v) is 11.9. The van der Waals surface area contributed by atoms with Gasteiger partial charge in [0.2, 0.25) is 0 Å². The van der Waals surface area contributed by atoms with Gasteiger partial charge in [0, 0.05) is 6.54 Å². The van der Waals surface area contributed by atoms with Crippen LogP contribution in [-0.4, -0.2) is 56.6 Å². The number of carbonyl (C=O) groups is 1. The van der Waals surface area contributed by atoms with Crippen LogP contribution in [0.15, 0.2) is 0 Å². The van der Waals surface area contributed by atoms with Crippen LogP contribution in [-0.2, 0) is 16.1 Å². The summed E-state index contributed by atoms with van der Waals surface area (Å²) in [4.78, 5) is 17.9. The van der Waals surface area contributed by atoms with Gasteiger partial charge in [-0.05, 0) is 20.8 Å². The molecule has 0 aliphatic carbocycles. The van der Waals surface area contributed by atoms with Gasteiger partial charge in [0.25, 0.3) is 0 Å². The molecule has 0 aromatic carbocycles. The number of aromatic nitrogens is 3. The Morgan fingerprint density at radius 3 is 2.95 bits per heavy atom. The average molecular weight is 284 g/mol. The quantitative estimate of drug-likeness (QED) is 0.825. The van der Waals surface area contributed by atoms with Crippen molar-refractivity contribution in [2.75, 3.05) is 19.8 Å². The van der Waals surface area contributed by atoms with E-state index in [2.05, 4.69) is 15.2 Å². The minimum absolute atomic E-state index is 0.229. The van der Waals surface area contributed by atoms with Crippen molar-refractivity contribution in [2.45, 2.75) is 39.0 Å². The molecule has 1 saturated heterocycles. The highest BCUT2D eigenvalue weighted by Gasteiger charge is 2.34. The largest absolute Gasteiger partial charge is 0.444 e. The van der Waals surface area contributed by atoms with E-state index >= 15 is 0 Å². The minimum Gasteiger partial charge on any atom is -0.444 e. The summed E-state index contributed by atoms with van der Waals surface area (Å²) in [5.41, 5.74) is -0.560. The van der Waals surface area contributed by atoms with Crippen molar-refractivity contribution < 1.29 is 19.4 Å². The molecule has 112 valence electrons. The SMILES string of the molecule is CC(C)(C)OC(=O)N1CCOCC1c1n[nH]c(CO)n1. The molecule has 8 nitrogen and oxygen atoms in total. The van der Waals surface area contributed by atoms with Crippen LogP contribution >= 0.6 is 0 Å². The van der Waals surface area contributed by atoms with Gasteiger partial charge in [-0.3, -0.25) is 10.00 Å². The van der Waals surface area contributed by atoms with E-state index in [1.165, 1.54) is 0 Å². The predicted molar refractivity (Wildman–Crippen MR) is 68.8 cm³/mol. The number of hydrogen-bond acceptors (Lipinski definition) is 6. The molecule has 1 aliphatic rings. The number of aliphatic hydroxyl groups is 1. The highest BCUT2D eigenvalue weighted by atomic mass is 16.6. The molecule has 2 N–H and O–H groups in total. The van der Waals surface area contributed by atoms with Gasteiger partial charge < -0.3 is 14.6 Å². The van der Waals surface area contributed by atoms with E-state index in [1.807, 2.05) is 20.8 Å². The summed E-state index contributed by atoms with van der Waals surface area (Å²) in [6.45, 7) is 6.40. The van der Waals surface area contributed by atoms with Crippen LogP contribution in [0.4, 0.5) is 4.79 Å². The lowest BCUT2D eigenvalue weighted by Crippen LogP contribution is -2.46. The maximum Gasteiger partial charge on any atom is 0.411 e. The first-order chi connectivity index (χ1) is 9.40. The fourth-order valence-corrected chi connectivity index (χ4v) is 1.89. The molecule has 20 heavy (non-hydrogen) atoms. The summed E-state index contributed by atoms with van der Waals surface area (Å²) in [5, 5.41) is 15.6. The molecule has 1 aliphatic heterocycles. The number of rotatable bonds is 2. The number of carbonyl (C=O) groups excluding carboxylic acids is 1. The maximum atomic E-state index is 12.2. The van der Waals surface area contributed by atoms with E-state index in [1.54, 1.807) is 4.90 Å². The summed E-state index contributed by atoms with van der Waals surface area (Å²) < 4.78 is 10.8. The van der Waals surface area contributed by atoms with Crippen LogP contribution in [0.1, 0.15) is 38.5 Å². The fraction of sp³-hybridized carbons (Fsp3) is 0.750. The van der Waals surface area contributed by atoms with E-state index in [9.17, 15) is 4.79 Å². The summed E-state index contributed by atoms with van der Waals surface area (Å²) in [6.07, 6.45) is -0.416. The third kappa shape index (κ3) is 3.45. The van der Waals surface area contributed by atoms with Crippen LogP contribution in [0.5, 0.6) is 0 Å². The first kappa shape index (κ1) is 14.7. The van der Waals surface area contributed by atoms with E-state index in [-0.39, 0.29) is 6.61 Å². The summed E-state index contributed by atoms with van der Waals surface area (Å²) in [7, 11) is 0. The predicted octanol–water partition coefficient (Wildman–Crippen LogP) is 0.605. The van der Waals surface area contributed by atoms with Gasteiger partial charge in [-0.25, -0.2) is 9.78 Å². The van der Waals surface area contributed by atoms with Crippen molar-refractivity contribution in [2.24, 2.45) is 0 Å². The Morgan fingerprint density at radius 1 is 1.60 bits per heavy atom. The zero-order chi connectivity index (χ0) is 14.8. The molecule has 1 amide bonds. The lowest BCUT2D eigenvalue weighted by atomic mass is 10.2. The first-order valence-corrected chi connectivity index (χ1v) is 6.50. The Morgan fingerprint density at radius 2 is 2.35 bits per heavy atom. The van der Waals surface area contributed by atoms with Crippen molar-refractivity contribution in [3.63, 3.8) is 0 Å². The number of aliphatic hydroxyl groups excluding tert-OH is 1. The van der Waals surface area contributed by atoms with Crippen LogP contribution < -0.4 is 0 Å². The highest BCUT2D eigenvalue weighted by Crippen LogP contribution is 2.23. The van der Waals surface area contributed by atoms with Crippen molar-refractivity contribution in [1.82, 2.24) is 20.1 Å². The average Bonchev–Trinajstić information content (AvgIpc) is 2.85. The summed E-state index contributed by atoms with van der Waals surface area (Å²) >= 11 is 0. The second-order valence-electron chi connectivity index (χ2n) is 5.56. The fourth-order valence-electron chi connectivity index (χ4n) is 1.89. The van der Waals surface area contributed by atoms with Gasteiger partial charge in [-0.1, -0.05) is 0 Å². The Labute approximate surface area is 117 Å². The van der Waals surface area contributed by atoms with E-state index in [0.717, 1.165) is 0 Å². The number of morpholine rings is 1. The van der Waals surface area contributed by atoms with Crippen LogP contribution in [0.2, 0.25) is 0 Å². The topological polar surface area (TPSA) is 101 Å². The van der Waals surface area contributed by atoms with Crippen molar-refractivity contribution in [3.05, 3.63) is 11.6 Å². The number of amides is 1. The molecule has 0 bridgehead atoms. The van der Waals surface area contributed by atoms with E-state index in [4.69, 9.17) is 14.6 Å². The molecule has 1 atom stereocenters. The smallest absolute Gasteiger partial charge is 0.411 e. The van der Waals surface area contributed by atoms with Gasteiger partial charge in [-0.15, -0.1) is 0 Å². The molecular formula is C12H20N4O4. The monoisotopic (exact) mass is 284 g/mol. The Balaban J connectivity index is 2.14. The molecule has 1 unspecified atom stereocenters. The number of aromatic amines is 1. The van der Waals surface area contributed by atoms with Crippen molar-refractivity contribution in [3.8, 4) is 0 Å². The number of nitrogens with one attached hydrogen (secondary N) is 1. The number of hydrogen-bond donors (Lipinski definition) is 2.